The molecule has 1 aliphatic rings. The van der Waals surface area contributed by atoms with Gasteiger partial charge in [0.25, 0.3) is 0 Å². The molecule has 1 saturated carbocycles. The van der Waals surface area contributed by atoms with Crippen molar-refractivity contribution in [1.82, 2.24) is 0 Å². The molecule has 0 spiro atoms. The van der Waals surface area contributed by atoms with Crippen LogP contribution in [0.5, 0.6) is 5.75 Å². The zero-order valence-corrected chi connectivity index (χ0v) is 13.2. The lowest BCUT2D eigenvalue weighted by Crippen LogP contribution is -2.14. The molecule has 3 rings (SSSR count). The first kappa shape index (κ1) is 15.6. The summed E-state index contributed by atoms with van der Waals surface area (Å²) in [7, 11) is 0. The van der Waals surface area contributed by atoms with Crippen LogP contribution in [0.4, 0.5) is 0 Å². The number of hydrogen-bond acceptors (Lipinski definition) is 2. The lowest BCUT2D eigenvalue weighted by Gasteiger charge is -2.15. The van der Waals surface area contributed by atoms with E-state index in [1.807, 2.05) is 54.6 Å². The second kappa shape index (κ2) is 7.32. The van der Waals surface area contributed by atoms with Crippen molar-refractivity contribution in [3.63, 3.8) is 0 Å². The predicted molar refractivity (Wildman–Crippen MR) is 89.8 cm³/mol. The Kier molecular flexibility index (Phi) is 4.96. The molecule has 23 heavy (non-hydrogen) atoms. The molecule has 2 aromatic carbocycles. The number of aliphatic carboxylic acids is 1. The van der Waals surface area contributed by atoms with Gasteiger partial charge in [-0.05, 0) is 55.4 Å². The van der Waals surface area contributed by atoms with Crippen LogP contribution < -0.4 is 4.74 Å². The highest BCUT2D eigenvalue weighted by atomic mass is 16.5. The van der Waals surface area contributed by atoms with Crippen molar-refractivity contribution in [2.75, 3.05) is 0 Å². The van der Waals surface area contributed by atoms with Gasteiger partial charge in [0.2, 0.25) is 0 Å². The molecule has 1 N–H and O–H groups in total. The van der Waals surface area contributed by atoms with E-state index >= 15 is 0 Å². The monoisotopic (exact) mass is 310 g/mol. The Hall–Kier alpha value is -2.29. The molecule has 1 aliphatic carbocycles. The number of carbonyl (C=O) groups is 1. The molecule has 2 aromatic rings. The van der Waals surface area contributed by atoms with E-state index in [-0.39, 0.29) is 0 Å². The first-order valence-electron chi connectivity index (χ1n) is 8.26. The van der Waals surface area contributed by atoms with Gasteiger partial charge in [-0.2, -0.15) is 0 Å². The van der Waals surface area contributed by atoms with E-state index in [4.69, 9.17) is 4.74 Å². The molecule has 0 radical (unpaired) electrons. The van der Waals surface area contributed by atoms with Crippen molar-refractivity contribution >= 4 is 5.97 Å². The van der Waals surface area contributed by atoms with Crippen LogP contribution >= 0.6 is 0 Å². The van der Waals surface area contributed by atoms with Crippen LogP contribution in [-0.2, 0) is 11.2 Å². The predicted octanol–water partition coefficient (Wildman–Crippen LogP) is 4.42. The minimum absolute atomic E-state index is 0.344. The largest absolute Gasteiger partial charge is 0.490 e. The summed E-state index contributed by atoms with van der Waals surface area (Å²) in [5, 5.41) is 9.51. The second-order valence-corrected chi connectivity index (χ2v) is 6.17. The third-order valence-electron chi connectivity index (χ3n) is 4.47. The molecule has 0 heterocycles. The zero-order chi connectivity index (χ0) is 16.1. The molecule has 3 nitrogen and oxygen atoms in total. The molecule has 120 valence electrons. The van der Waals surface area contributed by atoms with Crippen LogP contribution in [-0.4, -0.2) is 17.2 Å². The van der Waals surface area contributed by atoms with Crippen molar-refractivity contribution in [1.29, 1.82) is 0 Å². The Balaban J connectivity index is 1.67. The Morgan fingerprint density at radius 3 is 2.30 bits per heavy atom. The Bertz CT molecular complexity index is 628. The smallest absolute Gasteiger partial charge is 0.311 e. The number of hydrogen-bond donors (Lipinski definition) is 1. The summed E-state index contributed by atoms with van der Waals surface area (Å²) in [6.07, 6.45) is 5.61. The molecule has 0 aliphatic heterocycles. The highest BCUT2D eigenvalue weighted by Gasteiger charge is 2.20. The van der Waals surface area contributed by atoms with Crippen LogP contribution in [0.15, 0.2) is 54.6 Å². The summed E-state index contributed by atoms with van der Waals surface area (Å²) in [5.74, 6) is -0.424. The van der Waals surface area contributed by atoms with E-state index in [1.165, 1.54) is 12.8 Å². The van der Waals surface area contributed by atoms with E-state index in [0.29, 0.717) is 12.5 Å². The van der Waals surface area contributed by atoms with Gasteiger partial charge in [-0.1, -0.05) is 42.5 Å². The number of rotatable bonds is 6. The molecule has 1 unspecified atom stereocenters. The zero-order valence-electron chi connectivity index (χ0n) is 13.2. The van der Waals surface area contributed by atoms with Crippen molar-refractivity contribution in [3.05, 3.63) is 65.7 Å². The number of benzene rings is 2. The lowest BCUT2D eigenvalue weighted by molar-refractivity contribution is -0.138. The molecular weight excluding hydrogens is 288 g/mol. The van der Waals surface area contributed by atoms with Gasteiger partial charge in [0.1, 0.15) is 5.75 Å². The van der Waals surface area contributed by atoms with Crippen LogP contribution in [0.1, 0.15) is 42.7 Å². The quantitative estimate of drug-likeness (QED) is 0.859. The average molecular weight is 310 g/mol. The van der Waals surface area contributed by atoms with Gasteiger partial charge in [0.15, 0.2) is 0 Å². The fourth-order valence-electron chi connectivity index (χ4n) is 3.17. The number of carboxylic acid groups (broad SMARTS) is 1. The topological polar surface area (TPSA) is 46.5 Å². The first-order valence-corrected chi connectivity index (χ1v) is 8.26. The SMILES string of the molecule is O=C(O)C(Cc1ccc(OC2CCCC2)cc1)c1ccccc1. The van der Waals surface area contributed by atoms with Gasteiger partial charge in [0, 0.05) is 0 Å². The summed E-state index contributed by atoms with van der Waals surface area (Å²) in [5.41, 5.74) is 1.85. The van der Waals surface area contributed by atoms with Crippen molar-refractivity contribution < 1.29 is 14.6 Å². The standard InChI is InChI=1S/C20H22O3/c21-20(22)19(16-6-2-1-3-7-16)14-15-10-12-18(13-11-15)23-17-8-4-5-9-17/h1-3,6-7,10-13,17,19H,4-5,8-9,14H2,(H,21,22). The molecule has 1 fully saturated rings. The van der Waals surface area contributed by atoms with Gasteiger partial charge in [-0.25, -0.2) is 0 Å². The van der Waals surface area contributed by atoms with E-state index in [9.17, 15) is 9.90 Å². The third kappa shape index (κ3) is 4.13. The first-order chi connectivity index (χ1) is 11.2. The van der Waals surface area contributed by atoms with Gasteiger partial charge < -0.3 is 9.84 Å². The number of ether oxygens (including phenoxy) is 1. The molecule has 1 atom stereocenters. The molecular formula is C20H22O3. The van der Waals surface area contributed by atoms with Crippen LogP contribution in [0.3, 0.4) is 0 Å². The summed E-state index contributed by atoms with van der Waals surface area (Å²) in [6, 6.07) is 17.3. The third-order valence-corrected chi connectivity index (χ3v) is 4.47. The summed E-state index contributed by atoms with van der Waals surface area (Å²) in [6.45, 7) is 0. The number of carboxylic acids is 1. The van der Waals surface area contributed by atoms with Gasteiger partial charge in [-0.15, -0.1) is 0 Å². The van der Waals surface area contributed by atoms with Crippen LogP contribution in [0.25, 0.3) is 0 Å². The second-order valence-electron chi connectivity index (χ2n) is 6.17. The molecule has 3 heteroatoms. The van der Waals surface area contributed by atoms with Gasteiger partial charge in [-0.3, -0.25) is 4.79 Å². The fourth-order valence-corrected chi connectivity index (χ4v) is 3.17. The minimum Gasteiger partial charge on any atom is -0.490 e. The van der Waals surface area contributed by atoms with E-state index in [1.54, 1.807) is 0 Å². The van der Waals surface area contributed by atoms with Crippen LogP contribution in [0.2, 0.25) is 0 Å². The van der Waals surface area contributed by atoms with Crippen molar-refractivity contribution in [2.24, 2.45) is 0 Å². The Morgan fingerprint density at radius 1 is 1.04 bits per heavy atom. The highest BCUT2D eigenvalue weighted by Crippen LogP contribution is 2.26. The average Bonchev–Trinajstić information content (AvgIpc) is 3.07. The van der Waals surface area contributed by atoms with E-state index in [0.717, 1.165) is 29.7 Å². The van der Waals surface area contributed by atoms with E-state index in [2.05, 4.69) is 0 Å². The molecule has 0 bridgehead atoms. The van der Waals surface area contributed by atoms with Gasteiger partial charge in [0.05, 0.1) is 12.0 Å². The minimum atomic E-state index is -0.789. The Labute approximate surface area is 136 Å². The molecule has 0 aromatic heterocycles. The summed E-state index contributed by atoms with van der Waals surface area (Å²) in [4.78, 5) is 11.6. The van der Waals surface area contributed by atoms with E-state index < -0.39 is 11.9 Å². The fraction of sp³-hybridized carbons (Fsp3) is 0.350. The van der Waals surface area contributed by atoms with Crippen LogP contribution in [0, 0.1) is 0 Å². The van der Waals surface area contributed by atoms with Gasteiger partial charge >= 0.3 is 5.97 Å². The maximum Gasteiger partial charge on any atom is 0.311 e. The normalized spacial score (nSPS) is 16.2. The summed E-state index contributed by atoms with van der Waals surface area (Å²) < 4.78 is 5.95. The lowest BCUT2D eigenvalue weighted by atomic mass is 9.92. The maximum absolute atomic E-state index is 11.6. The van der Waals surface area contributed by atoms with Crippen molar-refractivity contribution in [3.8, 4) is 5.75 Å². The molecule has 0 amide bonds. The highest BCUT2D eigenvalue weighted by molar-refractivity contribution is 5.76. The van der Waals surface area contributed by atoms with Crippen molar-refractivity contribution in [2.45, 2.75) is 44.1 Å². The molecule has 0 saturated heterocycles. The summed E-state index contributed by atoms with van der Waals surface area (Å²) >= 11 is 0. The maximum atomic E-state index is 11.6. The Morgan fingerprint density at radius 2 is 1.70 bits per heavy atom.